The van der Waals surface area contributed by atoms with Crippen molar-refractivity contribution in [1.29, 1.82) is 5.26 Å². The van der Waals surface area contributed by atoms with Crippen LogP contribution in [0.4, 0.5) is 5.00 Å². The standard InChI is InChI=1S/C28H28N2O4S/c1-4-33-28(32)25-22-11-7-8-12-24(22)35-27(25)30-26(31)19(16-29)15-18-13-14-23(34-17(2)3)21-10-6-5-9-20(18)21/h5-6,9-10,13-15,17H,4,7-8,11-12H2,1-3H3,(H,30,31)/b19-15+. The predicted molar refractivity (Wildman–Crippen MR) is 139 cm³/mol. The van der Waals surface area contributed by atoms with E-state index in [0.717, 1.165) is 58.2 Å². The first kappa shape index (κ1) is 24.5. The van der Waals surface area contributed by atoms with Crippen LogP contribution in [-0.4, -0.2) is 24.6 Å². The summed E-state index contributed by atoms with van der Waals surface area (Å²) in [6.45, 7) is 5.94. The number of anilines is 1. The normalized spacial score (nSPS) is 13.3. The Hall–Kier alpha value is -3.63. The zero-order valence-corrected chi connectivity index (χ0v) is 21.0. The fraction of sp³-hybridized carbons (Fsp3) is 0.321. The molecule has 6 nitrogen and oxygen atoms in total. The monoisotopic (exact) mass is 488 g/mol. The van der Waals surface area contributed by atoms with E-state index in [4.69, 9.17) is 9.47 Å². The van der Waals surface area contributed by atoms with Crippen molar-refractivity contribution in [2.45, 2.75) is 52.6 Å². The van der Waals surface area contributed by atoms with Crippen LogP contribution in [0.1, 0.15) is 60.0 Å². The number of aryl methyl sites for hydroxylation is 1. The minimum atomic E-state index is -0.553. The molecule has 2 aromatic carbocycles. The van der Waals surface area contributed by atoms with Gasteiger partial charge in [-0.1, -0.05) is 30.3 Å². The van der Waals surface area contributed by atoms with Gasteiger partial charge in [-0.15, -0.1) is 11.3 Å². The fourth-order valence-electron chi connectivity index (χ4n) is 4.32. The molecule has 1 aliphatic rings. The molecule has 0 saturated carbocycles. The Kier molecular flexibility index (Phi) is 7.52. The SMILES string of the molecule is CCOC(=O)c1c(NC(=O)/C(C#N)=C/c2ccc(OC(C)C)c3ccccc23)sc2c1CCCC2. The molecule has 0 atom stereocenters. The highest BCUT2D eigenvalue weighted by molar-refractivity contribution is 7.17. The first-order valence-electron chi connectivity index (χ1n) is 11.9. The van der Waals surface area contributed by atoms with E-state index in [0.29, 0.717) is 10.6 Å². The molecule has 1 N–H and O–H groups in total. The van der Waals surface area contributed by atoms with Crippen molar-refractivity contribution in [1.82, 2.24) is 0 Å². The molecule has 0 saturated heterocycles. The zero-order chi connectivity index (χ0) is 24.9. The lowest BCUT2D eigenvalue weighted by molar-refractivity contribution is -0.112. The quantitative estimate of drug-likeness (QED) is 0.240. The second-order valence-electron chi connectivity index (χ2n) is 8.62. The Balaban J connectivity index is 1.69. The highest BCUT2D eigenvalue weighted by Crippen LogP contribution is 2.39. The van der Waals surface area contributed by atoms with Crippen LogP contribution in [0.2, 0.25) is 0 Å². The third kappa shape index (κ3) is 5.23. The average Bonchev–Trinajstić information content (AvgIpc) is 3.21. The molecule has 0 unspecified atom stereocenters. The molecule has 3 aromatic rings. The largest absolute Gasteiger partial charge is 0.490 e. The lowest BCUT2D eigenvalue weighted by atomic mass is 9.95. The molecule has 0 radical (unpaired) electrons. The second kappa shape index (κ2) is 10.7. The minimum absolute atomic E-state index is 0.0189. The molecule has 1 heterocycles. The number of ether oxygens (including phenoxy) is 2. The topological polar surface area (TPSA) is 88.4 Å². The summed E-state index contributed by atoms with van der Waals surface area (Å²) in [4.78, 5) is 27.0. The molecular formula is C28H28N2O4S. The molecule has 0 spiro atoms. The lowest BCUT2D eigenvalue weighted by Gasteiger charge is -2.14. The second-order valence-corrected chi connectivity index (χ2v) is 9.73. The number of rotatable bonds is 7. The van der Waals surface area contributed by atoms with E-state index in [2.05, 4.69) is 5.32 Å². The summed E-state index contributed by atoms with van der Waals surface area (Å²) in [5, 5.41) is 14.9. The van der Waals surface area contributed by atoms with Crippen molar-refractivity contribution < 1.29 is 19.1 Å². The van der Waals surface area contributed by atoms with Crippen LogP contribution in [0.3, 0.4) is 0 Å². The summed E-state index contributed by atoms with van der Waals surface area (Å²) in [5.74, 6) is -0.237. The third-order valence-corrected chi connectivity index (χ3v) is 7.03. The van der Waals surface area contributed by atoms with Gasteiger partial charge in [-0.3, -0.25) is 4.79 Å². The van der Waals surface area contributed by atoms with Crippen LogP contribution in [0, 0.1) is 11.3 Å². The Morgan fingerprint density at radius 3 is 2.60 bits per heavy atom. The van der Waals surface area contributed by atoms with Gasteiger partial charge >= 0.3 is 5.97 Å². The number of carbonyl (C=O) groups is 2. The van der Waals surface area contributed by atoms with E-state index < -0.39 is 11.9 Å². The number of hydrogen-bond donors (Lipinski definition) is 1. The number of nitrogens with one attached hydrogen (secondary N) is 1. The summed E-state index contributed by atoms with van der Waals surface area (Å²) in [5.41, 5.74) is 2.08. The Labute approximate surface area is 209 Å². The summed E-state index contributed by atoms with van der Waals surface area (Å²) in [7, 11) is 0. The molecule has 0 fully saturated rings. The van der Waals surface area contributed by atoms with Gasteiger partial charge in [-0.2, -0.15) is 5.26 Å². The van der Waals surface area contributed by atoms with Crippen LogP contribution < -0.4 is 10.1 Å². The lowest BCUT2D eigenvalue weighted by Crippen LogP contribution is -2.16. The molecule has 4 rings (SSSR count). The van der Waals surface area contributed by atoms with Gasteiger partial charge in [0, 0.05) is 10.3 Å². The summed E-state index contributed by atoms with van der Waals surface area (Å²) in [6, 6.07) is 13.5. The first-order valence-corrected chi connectivity index (χ1v) is 12.7. The molecule has 35 heavy (non-hydrogen) atoms. The number of nitrogens with zero attached hydrogens (tertiary/aromatic N) is 1. The number of fused-ring (bicyclic) bond motifs is 2. The Morgan fingerprint density at radius 1 is 1.14 bits per heavy atom. The van der Waals surface area contributed by atoms with Crippen LogP contribution in [-0.2, 0) is 22.4 Å². The maximum atomic E-state index is 13.2. The number of benzene rings is 2. The van der Waals surface area contributed by atoms with E-state index in [1.54, 1.807) is 13.0 Å². The highest BCUT2D eigenvalue weighted by atomic mass is 32.1. The van der Waals surface area contributed by atoms with Crippen molar-refractivity contribution in [3.8, 4) is 11.8 Å². The van der Waals surface area contributed by atoms with Crippen LogP contribution in [0.15, 0.2) is 42.0 Å². The maximum Gasteiger partial charge on any atom is 0.341 e. The van der Waals surface area contributed by atoms with Crippen molar-refractivity contribution in [3.63, 3.8) is 0 Å². The summed E-state index contributed by atoms with van der Waals surface area (Å²) >= 11 is 1.40. The molecule has 0 bridgehead atoms. The molecule has 0 aliphatic heterocycles. The van der Waals surface area contributed by atoms with E-state index in [1.165, 1.54) is 11.3 Å². The van der Waals surface area contributed by atoms with Crippen molar-refractivity contribution >= 4 is 45.1 Å². The van der Waals surface area contributed by atoms with Gasteiger partial charge in [-0.25, -0.2) is 4.79 Å². The number of thiophene rings is 1. The number of hydrogen-bond acceptors (Lipinski definition) is 6. The molecule has 180 valence electrons. The van der Waals surface area contributed by atoms with Gasteiger partial charge in [0.15, 0.2) is 0 Å². The Bertz CT molecular complexity index is 1350. The van der Waals surface area contributed by atoms with Crippen molar-refractivity contribution in [3.05, 3.63) is 63.5 Å². The maximum absolute atomic E-state index is 13.2. The highest BCUT2D eigenvalue weighted by Gasteiger charge is 2.27. The van der Waals surface area contributed by atoms with Gasteiger partial charge < -0.3 is 14.8 Å². The summed E-state index contributed by atoms with van der Waals surface area (Å²) in [6.07, 6.45) is 5.31. The van der Waals surface area contributed by atoms with Crippen molar-refractivity contribution in [2.75, 3.05) is 11.9 Å². The van der Waals surface area contributed by atoms with Crippen molar-refractivity contribution in [2.24, 2.45) is 0 Å². The van der Waals surface area contributed by atoms with Crippen LogP contribution >= 0.6 is 11.3 Å². The smallest absolute Gasteiger partial charge is 0.341 e. The van der Waals surface area contributed by atoms with E-state index in [-0.39, 0.29) is 18.3 Å². The molecule has 7 heteroatoms. The zero-order valence-electron chi connectivity index (χ0n) is 20.1. The van der Waals surface area contributed by atoms with Gasteiger partial charge in [0.05, 0.1) is 18.3 Å². The fourth-order valence-corrected chi connectivity index (χ4v) is 5.60. The molecule has 1 aliphatic carbocycles. The first-order chi connectivity index (χ1) is 16.9. The predicted octanol–water partition coefficient (Wildman–Crippen LogP) is 6.29. The van der Waals surface area contributed by atoms with Crippen LogP contribution in [0.5, 0.6) is 5.75 Å². The van der Waals surface area contributed by atoms with Gasteiger partial charge in [0.1, 0.15) is 22.4 Å². The number of nitriles is 1. The number of esters is 1. The number of carbonyl (C=O) groups excluding carboxylic acids is 2. The van der Waals surface area contributed by atoms with Crippen LogP contribution in [0.25, 0.3) is 16.8 Å². The van der Waals surface area contributed by atoms with E-state index in [9.17, 15) is 14.9 Å². The van der Waals surface area contributed by atoms with Gasteiger partial charge in [-0.05, 0) is 75.1 Å². The molecular weight excluding hydrogens is 460 g/mol. The van der Waals surface area contributed by atoms with E-state index >= 15 is 0 Å². The molecule has 1 amide bonds. The average molecular weight is 489 g/mol. The Morgan fingerprint density at radius 2 is 1.89 bits per heavy atom. The number of amides is 1. The minimum Gasteiger partial charge on any atom is -0.490 e. The van der Waals surface area contributed by atoms with Gasteiger partial charge in [0.2, 0.25) is 0 Å². The van der Waals surface area contributed by atoms with Gasteiger partial charge in [0.25, 0.3) is 5.91 Å². The third-order valence-electron chi connectivity index (χ3n) is 5.82. The summed E-state index contributed by atoms with van der Waals surface area (Å²) < 4.78 is 11.2. The molecule has 1 aromatic heterocycles. The van der Waals surface area contributed by atoms with E-state index in [1.807, 2.05) is 56.3 Å².